The lowest BCUT2D eigenvalue weighted by molar-refractivity contribution is 0.243. The largest absolute Gasteiger partial charge is 0.341 e. The summed E-state index contributed by atoms with van der Waals surface area (Å²) in [5.74, 6) is 0.735. The molecule has 1 aromatic rings. The lowest BCUT2D eigenvalue weighted by atomic mass is 10.4. The third kappa shape index (κ3) is 3.10. The zero-order chi connectivity index (χ0) is 9.68. The predicted molar refractivity (Wildman–Crippen MR) is 47.2 cm³/mol. The molecule has 0 aliphatic heterocycles. The Kier molecular flexibility index (Phi) is 3.24. The van der Waals surface area contributed by atoms with Crippen LogP contribution in [-0.2, 0) is 13.5 Å². The van der Waals surface area contributed by atoms with Crippen molar-refractivity contribution in [2.45, 2.75) is 6.42 Å². The fourth-order valence-corrected chi connectivity index (χ4v) is 0.875. The maximum atomic E-state index is 10.7. The molecule has 6 heteroatoms. The molecule has 0 saturated heterocycles. The van der Waals surface area contributed by atoms with Crippen molar-refractivity contribution in [3.63, 3.8) is 0 Å². The molecule has 0 aliphatic rings. The SMILES string of the molecule is CNC(=O)NCCc1ncn(C)n1. The molecule has 1 heterocycles. The number of amides is 2. The highest BCUT2D eigenvalue weighted by molar-refractivity contribution is 5.73. The van der Waals surface area contributed by atoms with E-state index in [1.165, 1.54) is 0 Å². The molecule has 0 spiro atoms. The summed E-state index contributed by atoms with van der Waals surface area (Å²) in [6.45, 7) is 0.545. The molecule has 0 aromatic carbocycles. The first-order chi connectivity index (χ1) is 6.22. The first-order valence-corrected chi connectivity index (χ1v) is 4.02. The van der Waals surface area contributed by atoms with Crippen LogP contribution in [0.4, 0.5) is 4.79 Å². The predicted octanol–water partition coefficient (Wildman–Crippen LogP) is -0.713. The van der Waals surface area contributed by atoms with E-state index in [1.54, 1.807) is 18.1 Å². The van der Waals surface area contributed by atoms with Crippen LogP contribution in [0.3, 0.4) is 0 Å². The summed E-state index contributed by atoms with van der Waals surface area (Å²) in [5.41, 5.74) is 0. The average molecular weight is 183 g/mol. The molecule has 1 rings (SSSR count). The number of hydrogen-bond donors (Lipinski definition) is 2. The number of rotatable bonds is 3. The van der Waals surface area contributed by atoms with Crippen LogP contribution in [0.1, 0.15) is 5.82 Å². The molecule has 2 amide bonds. The minimum absolute atomic E-state index is 0.184. The van der Waals surface area contributed by atoms with Crippen molar-refractivity contribution in [3.05, 3.63) is 12.2 Å². The van der Waals surface area contributed by atoms with Gasteiger partial charge in [0, 0.05) is 27.1 Å². The molecule has 2 N–H and O–H groups in total. The molecule has 0 unspecified atom stereocenters. The Labute approximate surface area is 76.3 Å². The van der Waals surface area contributed by atoms with Gasteiger partial charge in [-0.1, -0.05) is 0 Å². The van der Waals surface area contributed by atoms with E-state index in [-0.39, 0.29) is 6.03 Å². The molecule has 1 aromatic heterocycles. The first kappa shape index (κ1) is 9.50. The Bertz CT molecular complexity index is 282. The Morgan fingerprint density at radius 1 is 1.69 bits per heavy atom. The van der Waals surface area contributed by atoms with Gasteiger partial charge in [0.05, 0.1) is 0 Å². The highest BCUT2D eigenvalue weighted by atomic mass is 16.2. The number of hydrogen-bond acceptors (Lipinski definition) is 3. The number of urea groups is 1. The molecule has 0 radical (unpaired) electrons. The summed E-state index contributed by atoms with van der Waals surface area (Å²) in [4.78, 5) is 14.8. The van der Waals surface area contributed by atoms with Crippen LogP contribution in [0.5, 0.6) is 0 Å². The summed E-state index contributed by atoms with van der Waals surface area (Å²) in [5, 5.41) is 9.18. The maximum absolute atomic E-state index is 10.7. The number of aromatic nitrogens is 3. The minimum atomic E-state index is -0.184. The van der Waals surface area contributed by atoms with E-state index in [1.807, 2.05) is 7.05 Å². The van der Waals surface area contributed by atoms with E-state index in [2.05, 4.69) is 20.7 Å². The number of aryl methyl sites for hydroxylation is 1. The Morgan fingerprint density at radius 2 is 2.46 bits per heavy atom. The fourth-order valence-electron chi connectivity index (χ4n) is 0.875. The number of nitrogens with zero attached hydrogens (tertiary/aromatic N) is 3. The maximum Gasteiger partial charge on any atom is 0.314 e. The molecule has 6 nitrogen and oxygen atoms in total. The van der Waals surface area contributed by atoms with E-state index in [4.69, 9.17) is 0 Å². The van der Waals surface area contributed by atoms with Crippen molar-refractivity contribution in [3.8, 4) is 0 Å². The average Bonchev–Trinajstić information content (AvgIpc) is 2.51. The van der Waals surface area contributed by atoms with Crippen LogP contribution in [0.15, 0.2) is 6.33 Å². The van der Waals surface area contributed by atoms with Crippen molar-refractivity contribution >= 4 is 6.03 Å². The highest BCUT2D eigenvalue weighted by Gasteiger charge is 1.99. The van der Waals surface area contributed by atoms with Gasteiger partial charge in [0.1, 0.15) is 6.33 Å². The second-order valence-electron chi connectivity index (χ2n) is 2.59. The molecule has 0 fully saturated rings. The second-order valence-corrected chi connectivity index (χ2v) is 2.59. The van der Waals surface area contributed by atoms with Crippen molar-refractivity contribution < 1.29 is 4.79 Å². The normalized spacial score (nSPS) is 9.69. The van der Waals surface area contributed by atoms with Gasteiger partial charge < -0.3 is 10.6 Å². The smallest absolute Gasteiger partial charge is 0.314 e. The topological polar surface area (TPSA) is 71.8 Å². The van der Waals surface area contributed by atoms with E-state index >= 15 is 0 Å². The van der Waals surface area contributed by atoms with Gasteiger partial charge in [-0.05, 0) is 0 Å². The third-order valence-corrected chi connectivity index (χ3v) is 1.51. The van der Waals surface area contributed by atoms with E-state index in [9.17, 15) is 4.79 Å². The first-order valence-electron chi connectivity index (χ1n) is 4.02. The quantitative estimate of drug-likeness (QED) is 0.650. The van der Waals surface area contributed by atoms with Gasteiger partial charge in [-0.3, -0.25) is 4.68 Å². The van der Waals surface area contributed by atoms with Crippen molar-refractivity contribution in [2.24, 2.45) is 7.05 Å². The van der Waals surface area contributed by atoms with Gasteiger partial charge in [0.15, 0.2) is 5.82 Å². The zero-order valence-electron chi connectivity index (χ0n) is 7.74. The van der Waals surface area contributed by atoms with Crippen LogP contribution in [0.25, 0.3) is 0 Å². The van der Waals surface area contributed by atoms with Gasteiger partial charge in [-0.25, -0.2) is 9.78 Å². The third-order valence-electron chi connectivity index (χ3n) is 1.51. The minimum Gasteiger partial charge on any atom is -0.341 e. The van der Waals surface area contributed by atoms with E-state index in [0.717, 1.165) is 5.82 Å². The zero-order valence-corrected chi connectivity index (χ0v) is 7.74. The van der Waals surface area contributed by atoms with Crippen LogP contribution in [0.2, 0.25) is 0 Å². The van der Waals surface area contributed by atoms with Crippen molar-refractivity contribution in [1.29, 1.82) is 0 Å². The van der Waals surface area contributed by atoms with Gasteiger partial charge in [0.2, 0.25) is 0 Å². The molecule has 0 aliphatic carbocycles. The fraction of sp³-hybridized carbons (Fsp3) is 0.571. The molecular formula is C7H13N5O. The molecule has 0 bridgehead atoms. The summed E-state index contributed by atoms with van der Waals surface area (Å²) in [6, 6.07) is -0.184. The molecule has 0 saturated carbocycles. The Balaban J connectivity index is 2.24. The lowest BCUT2D eigenvalue weighted by Gasteiger charge is -2.00. The second kappa shape index (κ2) is 4.44. The molecule has 72 valence electrons. The summed E-state index contributed by atoms with van der Waals surface area (Å²) in [7, 11) is 3.39. The van der Waals surface area contributed by atoms with Gasteiger partial charge in [0.25, 0.3) is 0 Å². The molecule has 13 heavy (non-hydrogen) atoms. The summed E-state index contributed by atoms with van der Waals surface area (Å²) < 4.78 is 1.63. The van der Waals surface area contributed by atoms with Gasteiger partial charge in [-0.15, -0.1) is 0 Å². The highest BCUT2D eigenvalue weighted by Crippen LogP contribution is 1.87. The van der Waals surface area contributed by atoms with Crippen LogP contribution >= 0.6 is 0 Å². The van der Waals surface area contributed by atoms with Crippen LogP contribution < -0.4 is 10.6 Å². The monoisotopic (exact) mass is 183 g/mol. The van der Waals surface area contributed by atoms with Crippen molar-refractivity contribution in [1.82, 2.24) is 25.4 Å². The van der Waals surface area contributed by atoms with Crippen LogP contribution in [-0.4, -0.2) is 34.4 Å². The summed E-state index contributed by atoms with van der Waals surface area (Å²) in [6.07, 6.45) is 2.28. The summed E-state index contributed by atoms with van der Waals surface area (Å²) >= 11 is 0. The molecular weight excluding hydrogens is 170 g/mol. The Morgan fingerprint density at radius 3 is 3.00 bits per heavy atom. The number of nitrogens with one attached hydrogen (secondary N) is 2. The molecule has 0 atom stereocenters. The van der Waals surface area contributed by atoms with Gasteiger partial charge in [-0.2, -0.15) is 5.10 Å². The van der Waals surface area contributed by atoms with E-state index in [0.29, 0.717) is 13.0 Å². The Hall–Kier alpha value is -1.59. The van der Waals surface area contributed by atoms with Crippen LogP contribution in [0, 0.1) is 0 Å². The number of carbonyl (C=O) groups excluding carboxylic acids is 1. The lowest BCUT2D eigenvalue weighted by Crippen LogP contribution is -2.34. The van der Waals surface area contributed by atoms with E-state index < -0.39 is 0 Å². The van der Waals surface area contributed by atoms with Crippen molar-refractivity contribution in [2.75, 3.05) is 13.6 Å². The van der Waals surface area contributed by atoms with Gasteiger partial charge >= 0.3 is 6.03 Å². The number of carbonyl (C=O) groups is 1. The standard InChI is InChI=1S/C7H13N5O/c1-8-7(13)9-4-3-6-10-5-12(2)11-6/h5H,3-4H2,1-2H3,(H2,8,9,13).